The molecule has 19 heavy (non-hydrogen) atoms. The van der Waals surface area contributed by atoms with Crippen LogP contribution in [0.25, 0.3) is 0 Å². The van der Waals surface area contributed by atoms with Gasteiger partial charge >= 0.3 is 6.03 Å². The SMILES string of the molecule is CO[C@H]1C[C@H](N2C=CC(N)NC2=O)O[C@@]1(CO)CCl. The number of aliphatic hydroxyl groups excluding tert-OH is 1. The summed E-state index contributed by atoms with van der Waals surface area (Å²) in [6.45, 7) is -0.274. The lowest BCUT2D eigenvalue weighted by atomic mass is 10.00. The Morgan fingerprint density at radius 1 is 1.79 bits per heavy atom. The van der Waals surface area contributed by atoms with Gasteiger partial charge < -0.3 is 25.6 Å². The zero-order valence-electron chi connectivity index (χ0n) is 10.6. The molecule has 2 amide bonds. The number of alkyl halides is 1. The summed E-state index contributed by atoms with van der Waals surface area (Å²) in [4.78, 5) is 13.2. The zero-order valence-corrected chi connectivity index (χ0v) is 11.3. The minimum Gasteiger partial charge on any atom is -0.393 e. The lowest BCUT2D eigenvalue weighted by Gasteiger charge is -2.32. The first kappa shape index (κ1) is 14.5. The number of carbonyl (C=O) groups excluding carboxylic acids is 1. The molecule has 1 fully saturated rings. The highest BCUT2D eigenvalue weighted by atomic mass is 35.5. The quantitative estimate of drug-likeness (QED) is 0.609. The van der Waals surface area contributed by atoms with Crippen molar-refractivity contribution in [3.05, 3.63) is 12.3 Å². The van der Waals surface area contributed by atoms with E-state index in [9.17, 15) is 9.90 Å². The van der Waals surface area contributed by atoms with Gasteiger partial charge in [0.15, 0.2) is 0 Å². The standard InChI is InChI=1S/C11H18ClN3O4/c1-18-7-4-9(19-11(7,5-12)6-16)15-3-2-8(13)14-10(15)17/h2-3,7-9,16H,4-6,13H2,1H3,(H,14,17)/t7-,8?,9+,11+/m0/s1. The second kappa shape index (κ2) is 5.64. The van der Waals surface area contributed by atoms with Crippen molar-refractivity contribution in [2.75, 3.05) is 19.6 Å². The third kappa shape index (κ3) is 2.56. The monoisotopic (exact) mass is 291 g/mol. The fourth-order valence-electron chi connectivity index (χ4n) is 2.32. The van der Waals surface area contributed by atoms with Gasteiger partial charge in [0.25, 0.3) is 0 Å². The molecule has 0 aromatic rings. The Bertz CT molecular complexity index is 375. The summed E-state index contributed by atoms with van der Waals surface area (Å²) >= 11 is 5.88. The number of aliphatic hydroxyl groups is 1. The van der Waals surface area contributed by atoms with E-state index in [2.05, 4.69) is 5.32 Å². The van der Waals surface area contributed by atoms with Crippen molar-refractivity contribution in [3.8, 4) is 0 Å². The van der Waals surface area contributed by atoms with Gasteiger partial charge in [-0.15, -0.1) is 11.6 Å². The van der Waals surface area contributed by atoms with Crippen LogP contribution in [-0.2, 0) is 9.47 Å². The van der Waals surface area contributed by atoms with E-state index >= 15 is 0 Å². The fraction of sp³-hybridized carbons (Fsp3) is 0.727. The number of urea groups is 1. The Hall–Kier alpha value is -0.860. The second-order valence-corrected chi connectivity index (χ2v) is 4.88. The molecule has 2 rings (SSSR count). The van der Waals surface area contributed by atoms with Crippen molar-refractivity contribution in [3.63, 3.8) is 0 Å². The van der Waals surface area contributed by atoms with E-state index in [-0.39, 0.29) is 24.6 Å². The maximum absolute atomic E-state index is 11.8. The Morgan fingerprint density at radius 2 is 2.53 bits per heavy atom. The van der Waals surface area contributed by atoms with Crippen LogP contribution >= 0.6 is 11.6 Å². The van der Waals surface area contributed by atoms with Gasteiger partial charge in [-0.1, -0.05) is 0 Å². The number of nitrogens with one attached hydrogen (secondary N) is 1. The molecule has 108 valence electrons. The van der Waals surface area contributed by atoms with Gasteiger partial charge in [0.05, 0.1) is 24.8 Å². The van der Waals surface area contributed by atoms with Gasteiger partial charge in [-0.25, -0.2) is 4.79 Å². The number of hydrogen-bond donors (Lipinski definition) is 3. The summed E-state index contributed by atoms with van der Waals surface area (Å²) < 4.78 is 11.1. The van der Waals surface area contributed by atoms with Crippen molar-refractivity contribution < 1.29 is 19.4 Å². The molecule has 4 atom stereocenters. The molecule has 8 heteroatoms. The van der Waals surface area contributed by atoms with Crippen molar-refractivity contribution in [2.45, 2.75) is 30.5 Å². The molecule has 0 radical (unpaired) electrons. The van der Waals surface area contributed by atoms with E-state index in [4.69, 9.17) is 26.8 Å². The molecule has 0 aromatic heterocycles. The molecule has 0 saturated carbocycles. The van der Waals surface area contributed by atoms with Crippen LogP contribution in [0.2, 0.25) is 0 Å². The van der Waals surface area contributed by atoms with E-state index in [0.29, 0.717) is 6.42 Å². The Morgan fingerprint density at radius 3 is 3.00 bits per heavy atom. The van der Waals surface area contributed by atoms with Gasteiger partial charge in [-0.2, -0.15) is 0 Å². The summed E-state index contributed by atoms with van der Waals surface area (Å²) in [5.41, 5.74) is 4.58. The minimum atomic E-state index is -0.991. The molecule has 2 aliphatic rings. The van der Waals surface area contributed by atoms with Crippen LogP contribution in [0.5, 0.6) is 0 Å². The summed E-state index contributed by atoms with van der Waals surface area (Å²) in [5, 5.41) is 12.1. The number of rotatable bonds is 4. The topological polar surface area (TPSA) is 97.1 Å². The Balaban J connectivity index is 2.16. The summed E-state index contributed by atoms with van der Waals surface area (Å²) in [6.07, 6.45) is 2.22. The highest BCUT2D eigenvalue weighted by Crippen LogP contribution is 2.35. The molecule has 0 aliphatic carbocycles. The maximum Gasteiger partial charge on any atom is 0.325 e. The van der Waals surface area contributed by atoms with Crippen molar-refractivity contribution in [1.29, 1.82) is 0 Å². The van der Waals surface area contributed by atoms with E-state index < -0.39 is 18.0 Å². The van der Waals surface area contributed by atoms with Crippen LogP contribution in [0.1, 0.15) is 6.42 Å². The lowest BCUT2D eigenvalue weighted by Crippen LogP contribution is -2.53. The fourth-order valence-corrected chi connectivity index (χ4v) is 2.64. The molecule has 4 N–H and O–H groups in total. The molecule has 1 saturated heterocycles. The molecular formula is C11H18ClN3O4. The lowest BCUT2D eigenvalue weighted by molar-refractivity contribution is -0.124. The molecule has 7 nitrogen and oxygen atoms in total. The maximum atomic E-state index is 11.8. The van der Waals surface area contributed by atoms with Crippen molar-refractivity contribution >= 4 is 17.6 Å². The summed E-state index contributed by atoms with van der Waals surface area (Å²) in [5.74, 6) is 0.0805. The van der Waals surface area contributed by atoms with Crippen LogP contribution in [0, 0.1) is 0 Å². The van der Waals surface area contributed by atoms with E-state index in [0.717, 1.165) is 0 Å². The van der Waals surface area contributed by atoms with E-state index in [1.807, 2.05) is 0 Å². The highest BCUT2D eigenvalue weighted by Gasteiger charge is 2.51. The Labute approximate surface area is 116 Å². The number of methoxy groups -OCH3 is 1. The second-order valence-electron chi connectivity index (χ2n) is 4.61. The van der Waals surface area contributed by atoms with Crippen LogP contribution in [0.4, 0.5) is 4.79 Å². The third-order valence-corrected chi connectivity index (χ3v) is 3.89. The number of nitrogens with two attached hydrogens (primary N) is 1. The Kier molecular flexibility index (Phi) is 4.32. The first-order chi connectivity index (χ1) is 9.06. The van der Waals surface area contributed by atoms with Gasteiger partial charge in [0, 0.05) is 19.7 Å². The summed E-state index contributed by atoms with van der Waals surface area (Å²) in [6, 6.07) is -0.349. The smallest absolute Gasteiger partial charge is 0.325 e. The average molecular weight is 292 g/mol. The van der Waals surface area contributed by atoms with Gasteiger partial charge in [-0.3, -0.25) is 4.90 Å². The van der Waals surface area contributed by atoms with Crippen molar-refractivity contribution in [2.24, 2.45) is 5.73 Å². The number of halogens is 1. The molecule has 2 heterocycles. The molecule has 0 bridgehead atoms. The van der Waals surface area contributed by atoms with Crippen LogP contribution < -0.4 is 11.1 Å². The highest BCUT2D eigenvalue weighted by molar-refractivity contribution is 6.18. The number of nitrogens with zero attached hydrogens (tertiary/aromatic N) is 1. The first-order valence-electron chi connectivity index (χ1n) is 5.96. The zero-order chi connectivity index (χ0) is 14.0. The molecular weight excluding hydrogens is 274 g/mol. The number of carbonyl (C=O) groups is 1. The number of amides is 2. The van der Waals surface area contributed by atoms with Gasteiger partial charge in [0.2, 0.25) is 0 Å². The number of hydrogen-bond acceptors (Lipinski definition) is 5. The van der Waals surface area contributed by atoms with Crippen LogP contribution in [-0.4, -0.2) is 59.7 Å². The predicted octanol–water partition coefficient (Wildman–Crippen LogP) is -0.459. The molecule has 2 aliphatic heterocycles. The normalized spacial score (nSPS) is 38.6. The average Bonchev–Trinajstić information content (AvgIpc) is 2.78. The molecule has 0 aromatic carbocycles. The van der Waals surface area contributed by atoms with Crippen molar-refractivity contribution in [1.82, 2.24) is 10.2 Å². The van der Waals surface area contributed by atoms with Crippen LogP contribution in [0.3, 0.4) is 0 Å². The molecule has 0 spiro atoms. The minimum absolute atomic E-state index is 0.0805. The van der Waals surface area contributed by atoms with E-state index in [1.165, 1.54) is 12.0 Å². The van der Waals surface area contributed by atoms with Crippen LogP contribution in [0.15, 0.2) is 12.3 Å². The first-order valence-corrected chi connectivity index (χ1v) is 6.50. The van der Waals surface area contributed by atoms with Gasteiger partial charge in [0.1, 0.15) is 11.8 Å². The third-order valence-electron chi connectivity index (χ3n) is 3.44. The summed E-state index contributed by atoms with van der Waals surface area (Å²) in [7, 11) is 1.52. The van der Waals surface area contributed by atoms with Gasteiger partial charge in [-0.05, 0) is 6.08 Å². The van der Waals surface area contributed by atoms with E-state index in [1.54, 1.807) is 12.3 Å². The number of ether oxygens (including phenoxy) is 2. The molecule has 1 unspecified atom stereocenters. The largest absolute Gasteiger partial charge is 0.393 e. The predicted molar refractivity (Wildman–Crippen MR) is 68.3 cm³/mol.